The number of carbonyl (C=O) groups excluding carboxylic acids is 1. The third-order valence-corrected chi connectivity index (χ3v) is 2.80. The number of anilines is 1. The summed E-state index contributed by atoms with van der Waals surface area (Å²) >= 11 is 11.6. The van der Waals surface area contributed by atoms with Crippen molar-refractivity contribution in [2.45, 2.75) is 0 Å². The van der Waals surface area contributed by atoms with Gasteiger partial charge >= 0.3 is 0 Å². The number of nitrogen functional groups attached to an aromatic ring is 1. The highest BCUT2D eigenvalue weighted by Gasteiger charge is 2.13. The van der Waals surface area contributed by atoms with Crippen molar-refractivity contribution in [2.24, 2.45) is 4.99 Å². The lowest BCUT2D eigenvalue weighted by Gasteiger charge is -2.06. The van der Waals surface area contributed by atoms with Gasteiger partial charge in [-0.25, -0.2) is 4.99 Å². The zero-order valence-electron chi connectivity index (χ0n) is 9.02. The molecule has 92 valence electrons. The summed E-state index contributed by atoms with van der Waals surface area (Å²) in [7, 11) is 0. The fourth-order valence-corrected chi connectivity index (χ4v) is 1.73. The Hall–Kier alpha value is -1.78. The van der Waals surface area contributed by atoms with Crippen LogP contribution in [0.4, 0.5) is 11.4 Å². The molecular formula is C12H8Cl2N2O2. The Bertz CT molecular complexity index is 619. The van der Waals surface area contributed by atoms with Crippen molar-refractivity contribution in [1.29, 1.82) is 0 Å². The number of hydrogen-bond acceptors (Lipinski definition) is 4. The van der Waals surface area contributed by atoms with Crippen LogP contribution in [0.25, 0.3) is 0 Å². The molecule has 0 aliphatic heterocycles. The molecule has 0 unspecified atom stereocenters. The van der Waals surface area contributed by atoms with Gasteiger partial charge in [-0.05, 0) is 18.2 Å². The molecule has 0 fully saturated rings. The molecule has 0 atom stereocenters. The number of phenolic OH excluding ortho intramolecular Hbond substituents is 1. The molecule has 0 heterocycles. The molecule has 4 nitrogen and oxygen atoms in total. The van der Waals surface area contributed by atoms with Gasteiger partial charge in [0.2, 0.25) is 5.78 Å². The predicted octanol–water partition coefficient (Wildman–Crippen LogP) is 2.96. The standard InChI is InChI=1S/C12H8Cl2N2O2/c13-6-1-2-9(12(18)3-6)16-10-5-8(15)11(17)4-7(10)14/h1-5,17H,15H2. The predicted molar refractivity (Wildman–Crippen MR) is 72.7 cm³/mol. The Morgan fingerprint density at radius 3 is 2.61 bits per heavy atom. The molecule has 1 aliphatic rings. The molecule has 0 amide bonds. The first-order valence-corrected chi connectivity index (χ1v) is 5.69. The average molecular weight is 283 g/mol. The molecule has 0 spiro atoms. The molecule has 0 saturated carbocycles. The summed E-state index contributed by atoms with van der Waals surface area (Å²) < 4.78 is 0. The van der Waals surface area contributed by atoms with Crippen molar-refractivity contribution in [1.82, 2.24) is 0 Å². The second-order valence-corrected chi connectivity index (χ2v) is 4.43. The second-order valence-electron chi connectivity index (χ2n) is 3.59. The highest BCUT2D eigenvalue weighted by molar-refractivity contribution is 6.52. The maximum Gasteiger partial charge on any atom is 0.205 e. The summed E-state index contributed by atoms with van der Waals surface area (Å²) in [5.41, 5.74) is 6.19. The summed E-state index contributed by atoms with van der Waals surface area (Å²) in [6.07, 6.45) is 4.31. The quantitative estimate of drug-likeness (QED) is 0.472. The van der Waals surface area contributed by atoms with Crippen LogP contribution in [0.3, 0.4) is 0 Å². The fourth-order valence-electron chi connectivity index (χ4n) is 1.36. The topological polar surface area (TPSA) is 75.7 Å². The van der Waals surface area contributed by atoms with Crippen molar-refractivity contribution >= 4 is 46.1 Å². The number of hydrogen-bond donors (Lipinski definition) is 2. The molecule has 0 radical (unpaired) electrons. The van der Waals surface area contributed by atoms with Gasteiger partial charge in [-0.2, -0.15) is 0 Å². The van der Waals surface area contributed by atoms with Crippen LogP contribution in [0.1, 0.15) is 0 Å². The maximum absolute atomic E-state index is 11.6. The number of aromatic hydroxyl groups is 1. The molecule has 0 saturated heterocycles. The van der Waals surface area contributed by atoms with Crippen LogP contribution in [0.15, 0.2) is 40.4 Å². The minimum atomic E-state index is -0.315. The molecule has 1 aromatic carbocycles. The number of nitrogens with two attached hydrogens (primary N) is 1. The number of ketones is 1. The van der Waals surface area contributed by atoms with Crippen LogP contribution in [0.5, 0.6) is 5.75 Å². The minimum absolute atomic E-state index is 0.127. The second kappa shape index (κ2) is 4.84. The summed E-state index contributed by atoms with van der Waals surface area (Å²) in [6.45, 7) is 0. The van der Waals surface area contributed by atoms with E-state index in [2.05, 4.69) is 4.99 Å². The molecule has 6 heteroatoms. The van der Waals surface area contributed by atoms with Gasteiger partial charge in [-0.15, -0.1) is 0 Å². The van der Waals surface area contributed by atoms with Gasteiger partial charge in [0.1, 0.15) is 11.5 Å². The molecule has 1 aromatic rings. The summed E-state index contributed by atoms with van der Waals surface area (Å²) in [4.78, 5) is 15.7. The van der Waals surface area contributed by atoms with Gasteiger partial charge in [0.15, 0.2) is 0 Å². The van der Waals surface area contributed by atoms with E-state index in [9.17, 15) is 9.90 Å². The van der Waals surface area contributed by atoms with E-state index in [-0.39, 0.29) is 28.0 Å². The van der Waals surface area contributed by atoms with E-state index in [0.29, 0.717) is 10.7 Å². The third-order valence-electron chi connectivity index (χ3n) is 2.26. The van der Waals surface area contributed by atoms with Gasteiger partial charge in [0.05, 0.1) is 16.4 Å². The van der Waals surface area contributed by atoms with E-state index in [1.54, 1.807) is 6.08 Å². The summed E-state index contributed by atoms with van der Waals surface area (Å²) in [6, 6.07) is 2.67. The van der Waals surface area contributed by atoms with Gasteiger partial charge in [-0.1, -0.05) is 23.2 Å². The Morgan fingerprint density at radius 1 is 1.22 bits per heavy atom. The first-order chi connectivity index (χ1) is 8.47. The fraction of sp³-hybridized carbons (Fsp3) is 0. The van der Waals surface area contributed by atoms with Gasteiger partial charge in [0.25, 0.3) is 0 Å². The van der Waals surface area contributed by atoms with Crippen LogP contribution in [-0.4, -0.2) is 16.6 Å². The lowest BCUT2D eigenvalue weighted by Crippen LogP contribution is -2.11. The number of benzene rings is 1. The number of halogens is 2. The number of aliphatic imine (C=N–C) groups is 1. The van der Waals surface area contributed by atoms with Crippen molar-refractivity contribution < 1.29 is 9.90 Å². The molecular weight excluding hydrogens is 275 g/mol. The smallest absolute Gasteiger partial charge is 0.205 e. The van der Waals surface area contributed by atoms with Gasteiger partial charge in [0, 0.05) is 17.2 Å². The third kappa shape index (κ3) is 2.55. The molecule has 1 aliphatic carbocycles. The molecule has 18 heavy (non-hydrogen) atoms. The van der Waals surface area contributed by atoms with E-state index < -0.39 is 0 Å². The Morgan fingerprint density at radius 2 is 1.94 bits per heavy atom. The first kappa shape index (κ1) is 12.7. The largest absolute Gasteiger partial charge is 0.506 e. The van der Waals surface area contributed by atoms with Gasteiger partial charge < -0.3 is 10.8 Å². The zero-order chi connectivity index (χ0) is 13.3. The van der Waals surface area contributed by atoms with Crippen molar-refractivity contribution in [3.05, 3.63) is 40.4 Å². The molecule has 3 N–H and O–H groups in total. The monoisotopic (exact) mass is 282 g/mol. The van der Waals surface area contributed by atoms with E-state index in [1.165, 1.54) is 24.3 Å². The number of phenols is 1. The number of nitrogens with zero attached hydrogens (tertiary/aromatic N) is 1. The van der Waals surface area contributed by atoms with Crippen molar-refractivity contribution in [2.75, 3.05) is 5.73 Å². The lowest BCUT2D eigenvalue weighted by molar-refractivity contribution is -0.108. The normalized spacial score (nSPS) is 17.1. The van der Waals surface area contributed by atoms with E-state index in [0.717, 1.165) is 0 Å². The highest BCUT2D eigenvalue weighted by Crippen LogP contribution is 2.34. The van der Waals surface area contributed by atoms with E-state index >= 15 is 0 Å². The number of allylic oxidation sites excluding steroid dienone is 4. The van der Waals surface area contributed by atoms with Crippen LogP contribution >= 0.6 is 23.2 Å². The average Bonchev–Trinajstić information content (AvgIpc) is 2.29. The van der Waals surface area contributed by atoms with Crippen molar-refractivity contribution in [3.63, 3.8) is 0 Å². The first-order valence-electron chi connectivity index (χ1n) is 4.93. The Kier molecular flexibility index (Phi) is 3.41. The lowest BCUT2D eigenvalue weighted by atomic mass is 10.1. The van der Waals surface area contributed by atoms with Crippen LogP contribution in [-0.2, 0) is 4.79 Å². The van der Waals surface area contributed by atoms with Gasteiger partial charge in [-0.3, -0.25) is 4.79 Å². The Labute approximate surface area is 113 Å². The number of rotatable bonds is 1. The van der Waals surface area contributed by atoms with Crippen LogP contribution in [0, 0.1) is 0 Å². The minimum Gasteiger partial charge on any atom is -0.506 e. The Balaban J connectivity index is 2.44. The van der Waals surface area contributed by atoms with Crippen LogP contribution in [0.2, 0.25) is 5.02 Å². The summed E-state index contributed by atoms with van der Waals surface area (Å²) in [5.74, 6) is -0.442. The molecule has 2 rings (SSSR count). The molecule has 0 bridgehead atoms. The number of carbonyl (C=O) groups is 1. The van der Waals surface area contributed by atoms with Crippen molar-refractivity contribution in [3.8, 4) is 5.75 Å². The van der Waals surface area contributed by atoms with Crippen LogP contribution < -0.4 is 5.73 Å². The maximum atomic E-state index is 11.6. The van der Waals surface area contributed by atoms with E-state index in [4.69, 9.17) is 28.9 Å². The SMILES string of the molecule is Nc1cc(N=C2C=CC(Cl)=CC2=O)c(Cl)cc1O. The van der Waals surface area contributed by atoms with E-state index in [1.807, 2.05) is 0 Å². The molecule has 0 aromatic heterocycles. The zero-order valence-corrected chi connectivity index (χ0v) is 10.5. The summed E-state index contributed by atoms with van der Waals surface area (Å²) in [5, 5.41) is 9.90. The highest BCUT2D eigenvalue weighted by atomic mass is 35.5.